The number of alkyl halides is 6. The van der Waals surface area contributed by atoms with Crippen LogP contribution >= 0.6 is 0 Å². The highest BCUT2D eigenvalue weighted by Gasteiger charge is 2.45. The van der Waals surface area contributed by atoms with Gasteiger partial charge in [-0.2, -0.15) is 26.3 Å². The van der Waals surface area contributed by atoms with Crippen molar-refractivity contribution < 1.29 is 55.4 Å². The first kappa shape index (κ1) is 35.6. The largest absolute Gasteiger partial charge is 0.471 e. The maximum atomic E-state index is 12.4. The first-order chi connectivity index (χ1) is 21.4. The van der Waals surface area contributed by atoms with E-state index in [1.807, 2.05) is 0 Å². The van der Waals surface area contributed by atoms with Crippen molar-refractivity contribution in [2.45, 2.75) is 38.0 Å². The summed E-state index contributed by atoms with van der Waals surface area (Å²) < 4.78 is 74.1. The number of rotatable bonds is 6. The Kier molecular flexibility index (Phi) is 11.2. The van der Waals surface area contributed by atoms with E-state index in [1.54, 1.807) is 0 Å². The van der Waals surface area contributed by atoms with Gasteiger partial charge in [0.2, 0.25) is 0 Å². The number of amides is 2. The van der Waals surface area contributed by atoms with Crippen LogP contribution in [0.25, 0.3) is 0 Å². The van der Waals surface area contributed by atoms with Crippen molar-refractivity contribution in [3.8, 4) is 0 Å². The van der Waals surface area contributed by atoms with Crippen LogP contribution in [-0.2, 0) is 9.59 Å². The minimum absolute atomic E-state index is 0.0483. The monoisotopic (exact) mass is 660 g/mol. The molecule has 2 fully saturated rings. The Balaban J connectivity index is 0.000000250. The average molecular weight is 661 g/mol. The lowest BCUT2D eigenvalue weighted by Crippen LogP contribution is -2.46. The van der Waals surface area contributed by atoms with Crippen LogP contribution in [0.1, 0.15) is 46.4 Å². The third-order valence-corrected chi connectivity index (χ3v) is 7.50. The Labute approximate surface area is 256 Å². The summed E-state index contributed by atoms with van der Waals surface area (Å²) in [4.78, 5) is 68.6. The van der Waals surface area contributed by atoms with Gasteiger partial charge in [0.15, 0.2) is 11.6 Å². The van der Waals surface area contributed by atoms with Crippen LogP contribution in [0.2, 0.25) is 0 Å². The first-order valence-electron chi connectivity index (χ1n) is 13.7. The van der Waals surface area contributed by atoms with Crippen molar-refractivity contribution in [1.29, 1.82) is 0 Å². The van der Waals surface area contributed by atoms with E-state index in [2.05, 4.69) is 0 Å². The van der Waals surface area contributed by atoms with Gasteiger partial charge in [-0.05, 0) is 31.7 Å². The molecular formula is C28H26F6N4O8. The molecule has 0 bridgehead atoms. The molecule has 2 amide bonds. The lowest BCUT2D eigenvalue weighted by atomic mass is 9.88. The minimum Gasteiger partial charge on any atom is -0.335 e. The van der Waals surface area contributed by atoms with E-state index in [4.69, 9.17) is 0 Å². The number of Topliss-reactive ketones (excluding diaryl/α,β-unsaturated/α-hetero) is 2. The van der Waals surface area contributed by atoms with Gasteiger partial charge in [0, 0.05) is 61.8 Å². The van der Waals surface area contributed by atoms with E-state index in [1.165, 1.54) is 42.5 Å². The highest BCUT2D eigenvalue weighted by atomic mass is 19.4. The second-order valence-corrected chi connectivity index (χ2v) is 10.4. The number of nitro benzene ring substituents is 2. The molecule has 12 nitrogen and oxygen atoms in total. The summed E-state index contributed by atoms with van der Waals surface area (Å²) in [5.74, 6) is -5.83. The van der Waals surface area contributed by atoms with Gasteiger partial charge >= 0.3 is 24.2 Å². The number of ketones is 2. The van der Waals surface area contributed by atoms with Crippen molar-refractivity contribution in [2.75, 3.05) is 26.2 Å². The molecule has 2 aliphatic rings. The van der Waals surface area contributed by atoms with E-state index < -0.39 is 51.6 Å². The molecule has 2 saturated heterocycles. The predicted octanol–water partition coefficient (Wildman–Crippen LogP) is 5.16. The number of non-ortho nitro benzene ring substituents is 1. The molecule has 0 N–H and O–H groups in total. The molecule has 0 aliphatic carbocycles. The van der Waals surface area contributed by atoms with Gasteiger partial charge in [-0.15, -0.1) is 0 Å². The van der Waals surface area contributed by atoms with E-state index >= 15 is 0 Å². The van der Waals surface area contributed by atoms with Gasteiger partial charge in [0.05, 0.1) is 15.4 Å². The number of piperidine rings is 2. The number of para-hydroxylation sites is 1. The number of halogens is 6. The molecule has 2 aromatic carbocycles. The average Bonchev–Trinajstić information content (AvgIpc) is 3.03. The molecule has 0 radical (unpaired) electrons. The number of carbonyl (C=O) groups is 4. The van der Waals surface area contributed by atoms with Gasteiger partial charge in [0.1, 0.15) is 0 Å². The quantitative estimate of drug-likeness (QED) is 0.178. The molecule has 0 spiro atoms. The number of nitrogens with zero attached hydrogens (tertiary/aromatic N) is 4. The van der Waals surface area contributed by atoms with E-state index in [9.17, 15) is 65.7 Å². The lowest BCUT2D eigenvalue weighted by molar-refractivity contribution is -0.385. The summed E-state index contributed by atoms with van der Waals surface area (Å²) in [5, 5.41) is 21.6. The van der Waals surface area contributed by atoms with Crippen molar-refractivity contribution in [3.63, 3.8) is 0 Å². The fourth-order valence-electron chi connectivity index (χ4n) is 5.12. The molecule has 248 valence electrons. The first-order valence-corrected chi connectivity index (χ1v) is 13.7. The van der Waals surface area contributed by atoms with Crippen LogP contribution in [0.4, 0.5) is 37.7 Å². The summed E-state index contributed by atoms with van der Waals surface area (Å²) >= 11 is 0. The molecule has 46 heavy (non-hydrogen) atoms. The molecule has 2 aromatic rings. The van der Waals surface area contributed by atoms with Crippen molar-refractivity contribution in [3.05, 3.63) is 79.9 Å². The topological polar surface area (TPSA) is 161 Å². The van der Waals surface area contributed by atoms with Gasteiger partial charge in [-0.25, -0.2) is 0 Å². The van der Waals surface area contributed by atoms with E-state index in [0.29, 0.717) is 9.80 Å². The third kappa shape index (κ3) is 8.85. The van der Waals surface area contributed by atoms with Crippen LogP contribution in [-0.4, -0.2) is 81.6 Å². The van der Waals surface area contributed by atoms with Gasteiger partial charge < -0.3 is 9.80 Å². The smallest absolute Gasteiger partial charge is 0.335 e. The third-order valence-electron chi connectivity index (χ3n) is 7.50. The van der Waals surface area contributed by atoms with Crippen LogP contribution in [0, 0.1) is 32.1 Å². The van der Waals surface area contributed by atoms with Crippen LogP contribution in [0.5, 0.6) is 0 Å². The van der Waals surface area contributed by atoms with Gasteiger partial charge in [0.25, 0.3) is 11.4 Å². The molecule has 0 saturated carbocycles. The molecular weight excluding hydrogens is 634 g/mol. The maximum absolute atomic E-state index is 12.4. The van der Waals surface area contributed by atoms with Crippen LogP contribution < -0.4 is 0 Å². The Morgan fingerprint density at radius 3 is 1.54 bits per heavy atom. The van der Waals surface area contributed by atoms with Gasteiger partial charge in [-0.1, -0.05) is 24.3 Å². The Hall–Kier alpha value is -4.90. The highest BCUT2D eigenvalue weighted by molar-refractivity contribution is 6.01. The standard InChI is InChI=1S/2C14H13F3N2O4/c15-14(16,17)13(21)18-6-4-9(5-7-18)12(20)10-2-1-3-11(8-10)19(22)23;15-14(16,17)13(21)18-7-5-9(6-8-18)12(20)10-3-1-2-4-11(10)19(22)23/h1-3,8-9H,4-7H2;1-4,9H,5-8H2. The van der Waals surface area contributed by atoms with Crippen molar-refractivity contribution in [1.82, 2.24) is 9.80 Å². The summed E-state index contributed by atoms with van der Waals surface area (Å²) in [6.45, 7) is -0.724. The summed E-state index contributed by atoms with van der Waals surface area (Å²) in [6, 6.07) is 10.7. The highest BCUT2D eigenvalue weighted by Crippen LogP contribution is 2.29. The number of hydrogen-bond acceptors (Lipinski definition) is 8. The van der Waals surface area contributed by atoms with Crippen LogP contribution in [0.15, 0.2) is 48.5 Å². The molecule has 0 atom stereocenters. The molecule has 2 heterocycles. The molecule has 0 aromatic heterocycles. The minimum atomic E-state index is -4.94. The number of hydrogen-bond donors (Lipinski definition) is 0. The molecule has 18 heteroatoms. The normalized spacial score (nSPS) is 16.2. The maximum Gasteiger partial charge on any atom is 0.471 e. The zero-order valence-corrected chi connectivity index (χ0v) is 23.8. The summed E-state index contributed by atoms with van der Waals surface area (Å²) in [5.41, 5.74) is -0.454. The zero-order valence-electron chi connectivity index (χ0n) is 23.8. The zero-order chi connectivity index (χ0) is 34.4. The Morgan fingerprint density at radius 1 is 0.652 bits per heavy atom. The fourth-order valence-corrected chi connectivity index (χ4v) is 5.12. The molecule has 2 aliphatic heterocycles. The SMILES string of the molecule is O=C(c1cccc([N+](=O)[O-])c1)C1CCN(C(=O)C(F)(F)F)CC1.O=C(c1ccccc1[N+](=O)[O-])C1CCN(C(=O)C(F)(F)F)CC1. The van der Waals surface area contributed by atoms with E-state index in [-0.39, 0.29) is 80.1 Å². The van der Waals surface area contributed by atoms with E-state index in [0.717, 1.165) is 6.07 Å². The Morgan fingerprint density at radius 2 is 1.11 bits per heavy atom. The second-order valence-electron chi connectivity index (χ2n) is 10.4. The van der Waals surface area contributed by atoms with Gasteiger partial charge in [-0.3, -0.25) is 39.4 Å². The summed E-state index contributed by atoms with van der Waals surface area (Å²) in [6.07, 6.45) is -9.56. The van der Waals surface area contributed by atoms with Crippen molar-refractivity contribution >= 4 is 34.8 Å². The number of carbonyl (C=O) groups excluding carboxylic acids is 4. The van der Waals surface area contributed by atoms with Crippen LogP contribution in [0.3, 0.4) is 0 Å². The number of likely N-dealkylation sites (tertiary alicyclic amines) is 2. The van der Waals surface area contributed by atoms with Crippen molar-refractivity contribution in [2.24, 2.45) is 11.8 Å². The fraction of sp³-hybridized carbons (Fsp3) is 0.429. The molecule has 0 unspecified atom stereocenters. The second kappa shape index (κ2) is 14.5. The predicted molar refractivity (Wildman–Crippen MR) is 146 cm³/mol. The molecule has 4 rings (SSSR count). The lowest BCUT2D eigenvalue weighted by Gasteiger charge is -2.31. The number of benzene rings is 2. The summed E-state index contributed by atoms with van der Waals surface area (Å²) in [7, 11) is 0. The number of nitro groups is 2. The Bertz CT molecular complexity index is 1500.